The molecule has 1 aromatic rings. The number of nitrogens with two attached hydrogens (primary N) is 1. The van der Waals surface area contributed by atoms with Crippen LogP contribution in [0.5, 0.6) is 0 Å². The standard InChI is InChI=1S/C17H24N2O/c1-2-11-19(12-13-3-4-13)16(20)17(9-10-17)14-5-7-15(18)8-6-14/h5-8,13H,2-4,9-12,18H2,1H3. The highest BCUT2D eigenvalue weighted by Gasteiger charge is 2.53. The van der Waals surface area contributed by atoms with Crippen molar-refractivity contribution in [2.24, 2.45) is 5.92 Å². The zero-order chi connectivity index (χ0) is 14.2. The fraction of sp³-hybridized carbons (Fsp3) is 0.588. The highest BCUT2D eigenvalue weighted by Crippen LogP contribution is 2.50. The summed E-state index contributed by atoms with van der Waals surface area (Å²) in [4.78, 5) is 15.1. The van der Waals surface area contributed by atoms with E-state index in [1.165, 1.54) is 12.8 Å². The van der Waals surface area contributed by atoms with Gasteiger partial charge in [-0.1, -0.05) is 19.1 Å². The molecule has 1 amide bonds. The van der Waals surface area contributed by atoms with E-state index in [1.54, 1.807) is 0 Å². The first kappa shape index (κ1) is 13.5. The van der Waals surface area contributed by atoms with Crippen LogP contribution < -0.4 is 5.73 Å². The number of rotatable bonds is 6. The lowest BCUT2D eigenvalue weighted by Crippen LogP contribution is -2.41. The molecule has 0 saturated heterocycles. The number of hydrogen-bond acceptors (Lipinski definition) is 2. The number of anilines is 1. The molecule has 2 aliphatic carbocycles. The van der Waals surface area contributed by atoms with Crippen molar-refractivity contribution in [3.8, 4) is 0 Å². The lowest BCUT2D eigenvalue weighted by Gasteiger charge is -2.27. The van der Waals surface area contributed by atoms with Crippen molar-refractivity contribution in [1.29, 1.82) is 0 Å². The molecule has 108 valence electrons. The van der Waals surface area contributed by atoms with Gasteiger partial charge in [0, 0.05) is 18.8 Å². The summed E-state index contributed by atoms with van der Waals surface area (Å²) in [6, 6.07) is 7.88. The van der Waals surface area contributed by atoms with Crippen molar-refractivity contribution in [1.82, 2.24) is 4.90 Å². The predicted molar refractivity (Wildman–Crippen MR) is 81.4 cm³/mol. The van der Waals surface area contributed by atoms with Crippen molar-refractivity contribution in [3.63, 3.8) is 0 Å². The van der Waals surface area contributed by atoms with Crippen molar-refractivity contribution >= 4 is 11.6 Å². The van der Waals surface area contributed by atoms with Gasteiger partial charge >= 0.3 is 0 Å². The summed E-state index contributed by atoms with van der Waals surface area (Å²) in [7, 11) is 0. The predicted octanol–water partition coefficient (Wildman–Crippen LogP) is 2.95. The second-order valence-corrected chi connectivity index (χ2v) is 6.40. The quantitative estimate of drug-likeness (QED) is 0.809. The van der Waals surface area contributed by atoms with Crippen LogP contribution in [0.4, 0.5) is 5.69 Å². The molecule has 0 bridgehead atoms. The van der Waals surface area contributed by atoms with E-state index in [9.17, 15) is 4.79 Å². The van der Waals surface area contributed by atoms with Gasteiger partial charge in [0.2, 0.25) is 5.91 Å². The van der Waals surface area contributed by atoms with Gasteiger partial charge in [0.15, 0.2) is 0 Å². The molecule has 0 unspecified atom stereocenters. The molecule has 3 rings (SSSR count). The topological polar surface area (TPSA) is 46.3 Å². The van der Waals surface area contributed by atoms with Crippen LogP contribution in [0.25, 0.3) is 0 Å². The molecule has 3 heteroatoms. The second kappa shape index (κ2) is 5.12. The third kappa shape index (κ3) is 2.54. The Hall–Kier alpha value is -1.51. The molecule has 1 aromatic carbocycles. The highest BCUT2D eigenvalue weighted by molar-refractivity contribution is 5.91. The van der Waals surface area contributed by atoms with Crippen molar-refractivity contribution in [3.05, 3.63) is 29.8 Å². The fourth-order valence-electron chi connectivity index (χ4n) is 3.01. The minimum Gasteiger partial charge on any atom is -0.399 e. The number of nitrogens with zero attached hydrogens (tertiary/aromatic N) is 1. The van der Waals surface area contributed by atoms with Crippen LogP contribution >= 0.6 is 0 Å². The van der Waals surface area contributed by atoms with Crippen LogP contribution in [0.2, 0.25) is 0 Å². The Bertz CT molecular complexity index is 486. The summed E-state index contributed by atoms with van der Waals surface area (Å²) < 4.78 is 0. The number of benzene rings is 1. The fourth-order valence-corrected chi connectivity index (χ4v) is 3.01. The van der Waals surface area contributed by atoms with Gasteiger partial charge in [0.05, 0.1) is 5.41 Å². The molecule has 0 radical (unpaired) electrons. The average molecular weight is 272 g/mol. The molecule has 0 heterocycles. The van der Waals surface area contributed by atoms with E-state index < -0.39 is 0 Å². The maximum Gasteiger partial charge on any atom is 0.233 e. The first-order chi connectivity index (χ1) is 9.65. The Morgan fingerprint density at radius 1 is 1.30 bits per heavy atom. The molecule has 3 nitrogen and oxygen atoms in total. The van der Waals surface area contributed by atoms with Gasteiger partial charge < -0.3 is 10.6 Å². The Morgan fingerprint density at radius 2 is 1.95 bits per heavy atom. The van der Waals surface area contributed by atoms with Crippen LogP contribution in [0.15, 0.2) is 24.3 Å². The van der Waals surface area contributed by atoms with Crippen molar-refractivity contribution in [2.75, 3.05) is 18.8 Å². The minimum absolute atomic E-state index is 0.238. The van der Waals surface area contributed by atoms with Gasteiger partial charge in [0.1, 0.15) is 0 Å². The number of amides is 1. The zero-order valence-electron chi connectivity index (χ0n) is 12.3. The summed E-state index contributed by atoms with van der Waals surface area (Å²) in [6.45, 7) is 4.01. The van der Waals surface area contributed by atoms with E-state index in [1.807, 2.05) is 24.3 Å². The van der Waals surface area contributed by atoms with Crippen LogP contribution in [0.3, 0.4) is 0 Å². The molecule has 0 atom stereocenters. The third-order valence-electron chi connectivity index (χ3n) is 4.58. The van der Waals surface area contributed by atoms with Gasteiger partial charge in [0.25, 0.3) is 0 Å². The van der Waals surface area contributed by atoms with E-state index in [0.29, 0.717) is 5.91 Å². The van der Waals surface area contributed by atoms with Crippen molar-refractivity contribution < 1.29 is 4.79 Å². The Balaban J connectivity index is 1.78. The molecule has 0 spiro atoms. The van der Waals surface area contributed by atoms with Gasteiger partial charge in [-0.3, -0.25) is 4.79 Å². The first-order valence-electron chi connectivity index (χ1n) is 7.81. The number of hydrogen-bond donors (Lipinski definition) is 1. The van der Waals surface area contributed by atoms with Gasteiger partial charge in [-0.05, 0) is 55.7 Å². The minimum atomic E-state index is -0.238. The normalized spacial score (nSPS) is 19.6. The van der Waals surface area contributed by atoms with Crippen LogP contribution in [0.1, 0.15) is 44.6 Å². The third-order valence-corrected chi connectivity index (χ3v) is 4.58. The Labute approximate surface area is 121 Å². The summed E-state index contributed by atoms with van der Waals surface area (Å²) >= 11 is 0. The molecule has 2 fully saturated rings. The Kier molecular flexibility index (Phi) is 3.45. The zero-order valence-corrected chi connectivity index (χ0v) is 12.3. The lowest BCUT2D eigenvalue weighted by atomic mass is 9.94. The van der Waals surface area contributed by atoms with Crippen LogP contribution in [-0.4, -0.2) is 23.9 Å². The molecular weight excluding hydrogens is 248 g/mol. The molecular formula is C17H24N2O. The molecule has 2 saturated carbocycles. The number of nitrogen functional groups attached to an aromatic ring is 1. The molecule has 0 aromatic heterocycles. The van der Waals surface area contributed by atoms with Crippen LogP contribution in [-0.2, 0) is 10.2 Å². The molecule has 0 aliphatic heterocycles. The Morgan fingerprint density at radius 3 is 2.45 bits per heavy atom. The second-order valence-electron chi connectivity index (χ2n) is 6.40. The smallest absolute Gasteiger partial charge is 0.233 e. The number of carbonyl (C=O) groups is 1. The van der Waals surface area contributed by atoms with E-state index in [4.69, 9.17) is 5.73 Å². The van der Waals surface area contributed by atoms with Crippen molar-refractivity contribution in [2.45, 2.75) is 44.4 Å². The van der Waals surface area contributed by atoms with Crippen LogP contribution in [0, 0.1) is 5.92 Å². The summed E-state index contributed by atoms with van der Waals surface area (Å²) in [5.74, 6) is 1.10. The molecule has 20 heavy (non-hydrogen) atoms. The lowest BCUT2D eigenvalue weighted by molar-refractivity contribution is -0.134. The first-order valence-corrected chi connectivity index (χ1v) is 7.81. The van der Waals surface area contributed by atoms with E-state index in [2.05, 4.69) is 11.8 Å². The monoisotopic (exact) mass is 272 g/mol. The maximum atomic E-state index is 13.0. The van der Waals surface area contributed by atoms with Gasteiger partial charge in [-0.2, -0.15) is 0 Å². The summed E-state index contributed by atoms with van der Waals surface area (Å²) in [6.07, 6.45) is 5.60. The van der Waals surface area contributed by atoms with E-state index >= 15 is 0 Å². The number of carbonyl (C=O) groups excluding carboxylic acids is 1. The largest absolute Gasteiger partial charge is 0.399 e. The molecule has 2 aliphatic rings. The average Bonchev–Trinajstić information content (AvgIpc) is 3.33. The summed E-state index contributed by atoms with van der Waals surface area (Å²) in [5.41, 5.74) is 7.43. The van der Waals surface area contributed by atoms with Gasteiger partial charge in [-0.25, -0.2) is 0 Å². The highest BCUT2D eigenvalue weighted by atomic mass is 16.2. The summed E-state index contributed by atoms with van der Waals surface area (Å²) in [5, 5.41) is 0. The van der Waals surface area contributed by atoms with E-state index in [-0.39, 0.29) is 5.41 Å². The maximum absolute atomic E-state index is 13.0. The SMILES string of the molecule is CCCN(CC1CC1)C(=O)C1(c2ccc(N)cc2)CC1. The molecule has 2 N–H and O–H groups in total. The van der Waals surface area contributed by atoms with Gasteiger partial charge in [-0.15, -0.1) is 0 Å². The van der Waals surface area contributed by atoms with E-state index in [0.717, 1.165) is 49.5 Å².